The summed E-state index contributed by atoms with van der Waals surface area (Å²) in [6.07, 6.45) is -0.486. The Morgan fingerprint density at radius 1 is 1.00 bits per heavy atom. The lowest BCUT2D eigenvalue weighted by molar-refractivity contribution is 0.00311. The second kappa shape index (κ2) is 9.58. The van der Waals surface area contributed by atoms with Gasteiger partial charge in [-0.3, -0.25) is 4.90 Å². The first-order valence-electron chi connectivity index (χ1n) is 8.64. The summed E-state index contributed by atoms with van der Waals surface area (Å²) in [7, 11) is 0. The lowest BCUT2D eigenvalue weighted by Crippen LogP contribution is -2.39. The smallest absolute Gasteiger partial charge is 0.0900 e. The zero-order valence-corrected chi connectivity index (χ0v) is 15.0. The Morgan fingerprint density at radius 2 is 1.67 bits per heavy atom. The van der Waals surface area contributed by atoms with Crippen molar-refractivity contribution in [2.75, 3.05) is 13.2 Å². The van der Waals surface area contributed by atoms with E-state index in [1.54, 1.807) is 0 Å². The standard InChI is InChI=1S/C21H29NO2/c1-17(2)22(13-20-12-8-7-9-18(20)3)14-21(23)16-24-15-19-10-5-4-6-11-19/h4-12,17,21,23H,13-16H2,1-3H3/t21-/m0/s1. The summed E-state index contributed by atoms with van der Waals surface area (Å²) in [5, 5.41) is 10.3. The van der Waals surface area contributed by atoms with Crippen molar-refractivity contribution < 1.29 is 9.84 Å². The van der Waals surface area contributed by atoms with Crippen LogP contribution in [-0.2, 0) is 17.9 Å². The molecule has 130 valence electrons. The summed E-state index contributed by atoms with van der Waals surface area (Å²) in [6, 6.07) is 18.8. The molecule has 0 amide bonds. The number of aliphatic hydroxyl groups is 1. The number of nitrogens with zero attached hydrogens (tertiary/aromatic N) is 1. The fourth-order valence-corrected chi connectivity index (χ4v) is 2.67. The lowest BCUT2D eigenvalue weighted by Gasteiger charge is -2.29. The molecule has 24 heavy (non-hydrogen) atoms. The molecule has 1 N–H and O–H groups in total. The molecule has 3 heteroatoms. The lowest BCUT2D eigenvalue weighted by atomic mass is 10.1. The van der Waals surface area contributed by atoms with E-state index < -0.39 is 6.10 Å². The maximum atomic E-state index is 10.3. The summed E-state index contributed by atoms with van der Waals surface area (Å²) in [5.74, 6) is 0. The van der Waals surface area contributed by atoms with Crippen molar-refractivity contribution in [1.29, 1.82) is 0 Å². The third-order valence-corrected chi connectivity index (χ3v) is 4.23. The minimum Gasteiger partial charge on any atom is -0.389 e. The van der Waals surface area contributed by atoms with Crippen molar-refractivity contribution in [3.8, 4) is 0 Å². The highest BCUT2D eigenvalue weighted by molar-refractivity contribution is 5.25. The van der Waals surface area contributed by atoms with Gasteiger partial charge in [-0.05, 0) is 37.5 Å². The van der Waals surface area contributed by atoms with Gasteiger partial charge < -0.3 is 9.84 Å². The molecule has 0 saturated heterocycles. The van der Waals surface area contributed by atoms with Crippen LogP contribution in [0.3, 0.4) is 0 Å². The average molecular weight is 327 g/mol. The molecule has 0 aliphatic carbocycles. The van der Waals surface area contributed by atoms with Crippen LogP contribution >= 0.6 is 0 Å². The molecule has 0 unspecified atom stereocenters. The average Bonchev–Trinajstić information content (AvgIpc) is 2.57. The van der Waals surface area contributed by atoms with Crippen molar-refractivity contribution in [2.24, 2.45) is 0 Å². The second-order valence-corrected chi connectivity index (χ2v) is 6.60. The van der Waals surface area contributed by atoms with Gasteiger partial charge in [-0.25, -0.2) is 0 Å². The molecule has 2 aromatic rings. The summed E-state index contributed by atoms with van der Waals surface area (Å²) >= 11 is 0. The van der Waals surface area contributed by atoms with Gasteiger partial charge in [0.15, 0.2) is 0 Å². The van der Waals surface area contributed by atoms with Gasteiger partial charge in [0.25, 0.3) is 0 Å². The van der Waals surface area contributed by atoms with Gasteiger partial charge in [0.2, 0.25) is 0 Å². The topological polar surface area (TPSA) is 32.7 Å². The van der Waals surface area contributed by atoms with Crippen LogP contribution in [0.2, 0.25) is 0 Å². The minimum absolute atomic E-state index is 0.353. The molecule has 0 saturated carbocycles. The van der Waals surface area contributed by atoms with Gasteiger partial charge in [-0.2, -0.15) is 0 Å². The van der Waals surface area contributed by atoms with Crippen LogP contribution in [0.4, 0.5) is 0 Å². The number of rotatable bonds is 9. The first kappa shape index (κ1) is 18.7. The van der Waals surface area contributed by atoms with E-state index in [1.165, 1.54) is 11.1 Å². The monoisotopic (exact) mass is 327 g/mol. The Kier molecular flexibility index (Phi) is 7.44. The van der Waals surface area contributed by atoms with E-state index in [-0.39, 0.29) is 0 Å². The molecule has 0 heterocycles. The molecule has 0 aliphatic heterocycles. The van der Waals surface area contributed by atoms with Crippen LogP contribution in [-0.4, -0.2) is 35.3 Å². The van der Waals surface area contributed by atoms with Crippen LogP contribution in [0, 0.1) is 6.92 Å². The predicted molar refractivity (Wildman–Crippen MR) is 98.8 cm³/mol. The normalized spacial score (nSPS) is 12.8. The number of hydrogen-bond acceptors (Lipinski definition) is 3. The third-order valence-electron chi connectivity index (χ3n) is 4.23. The van der Waals surface area contributed by atoms with Crippen LogP contribution in [0.25, 0.3) is 0 Å². The highest BCUT2D eigenvalue weighted by Crippen LogP contribution is 2.13. The highest BCUT2D eigenvalue weighted by atomic mass is 16.5. The largest absolute Gasteiger partial charge is 0.389 e. The van der Waals surface area contributed by atoms with E-state index in [0.717, 1.165) is 12.1 Å². The summed E-state index contributed by atoms with van der Waals surface area (Å²) < 4.78 is 5.66. The van der Waals surface area contributed by atoms with E-state index >= 15 is 0 Å². The van der Waals surface area contributed by atoms with Gasteiger partial charge in [0, 0.05) is 19.1 Å². The molecular weight excluding hydrogens is 298 g/mol. The van der Waals surface area contributed by atoms with E-state index in [2.05, 4.69) is 49.9 Å². The quantitative estimate of drug-likeness (QED) is 0.761. The number of aliphatic hydroxyl groups excluding tert-OH is 1. The van der Waals surface area contributed by atoms with Gasteiger partial charge in [0.1, 0.15) is 0 Å². The summed E-state index contributed by atoms with van der Waals surface area (Å²) in [4.78, 5) is 2.29. The minimum atomic E-state index is -0.486. The summed E-state index contributed by atoms with van der Waals surface area (Å²) in [5.41, 5.74) is 3.73. The zero-order valence-electron chi connectivity index (χ0n) is 15.0. The molecule has 1 atom stereocenters. The second-order valence-electron chi connectivity index (χ2n) is 6.60. The Hall–Kier alpha value is -1.68. The Labute approximate surface area is 145 Å². The van der Waals surface area contributed by atoms with Gasteiger partial charge in [-0.1, -0.05) is 54.6 Å². The maximum absolute atomic E-state index is 10.3. The van der Waals surface area contributed by atoms with E-state index in [9.17, 15) is 5.11 Å². The first-order chi connectivity index (χ1) is 11.6. The fourth-order valence-electron chi connectivity index (χ4n) is 2.67. The molecule has 3 nitrogen and oxygen atoms in total. The molecular formula is C21H29NO2. The number of benzene rings is 2. The van der Waals surface area contributed by atoms with Gasteiger partial charge in [0.05, 0.1) is 19.3 Å². The van der Waals surface area contributed by atoms with Crippen LogP contribution < -0.4 is 0 Å². The Bertz CT molecular complexity index is 598. The third kappa shape index (κ3) is 6.08. The number of ether oxygens (including phenoxy) is 1. The Morgan fingerprint density at radius 3 is 2.33 bits per heavy atom. The molecule has 0 bridgehead atoms. The number of aryl methyl sites for hydroxylation is 1. The SMILES string of the molecule is Cc1ccccc1CN(C[C@H](O)COCc1ccccc1)C(C)C. The maximum Gasteiger partial charge on any atom is 0.0900 e. The van der Waals surface area contributed by atoms with E-state index in [1.807, 2.05) is 30.3 Å². The molecule has 0 aliphatic rings. The molecule has 0 aromatic heterocycles. The van der Waals surface area contributed by atoms with Gasteiger partial charge >= 0.3 is 0 Å². The van der Waals surface area contributed by atoms with Crippen molar-refractivity contribution in [3.63, 3.8) is 0 Å². The predicted octanol–water partition coefficient (Wildman–Crippen LogP) is 3.78. The Balaban J connectivity index is 1.82. The highest BCUT2D eigenvalue weighted by Gasteiger charge is 2.16. The first-order valence-corrected chi connectivity index (χ1v) is 8.64. The van der Waals surface area contributed by atoms with Crippen molar-refractivity contribution in [3.05, 3.63) is 71.3 Å². The van der Waals surface area contributed by atoms with Crippen LogP contribution in [0.15, 0.2) is 54.6 Å². The van der Waals surface area contributed by atoms with Crippen molar-refractivity contribution in [2.45, 2.75) is 46.1 Å². The molecule has 2 aromatic carbocycles. The molecule has 2 rings (SSSR count). The van der Waals surface area contributed by atoms with Crippen molar-refractivity contribution >= 4 is 0 Å². The molecule has 0 spiro atoms. The van der Waals surface area contributed by atoms with E-state index in [0.29, 0.717) is 25.8 Å². The molecule has 0 radical (unpaired) electrons. The fraction of sp³-hybridized carbons (Fsp3) is 0.429. The van der Waals surface area contributed by atoms with Gasteiger partial charge in [-0.15, -0.1) is 0 Å². The van der Waals surface area contributed by atoms with Crippen LogP contribution in [0.1, 0.15) is 30.5 Å². The van der Waals surface area contributed by atoms with Crippen LogP contribution in [0.5, 0.6) is 0 Å². The molecule has 0 fully saturated rings. The van der Waals surface area contributed by atoms with E-state index in [4.69, 9.17) is 4.74 Å². The summed E-state index contributed by atoms with van der Waals surface area (Å²) in [6.45, 7) is 8.81. The van der Waals surface area contributed by atoms with Crippen molar-refractivity contribution in [1.82, 2.24) is 4.90 Å². The zero-order chi connectivity index (χ0) is 17.4. The number of hydrogen-bond donors (Lipinski definition) is 1.